The van der Waals surface area contributed by atoms with Gasteiger partial charge in [-0.05, 0) is 31.2 Å². The lowest BCUT2D eigenvalue weighted by Gasteiger charge is -2.09. The number of methoxy groups -OCH3 is 1. The lowest BCUT2D eigenvalue weighted by molar-refractivity contribution is 0.0526. The Kier molecular flexibility index (Phi) is 5.11. The van der Waals surface area contributed by atoms with E-state index < -0.39 is 11.9 Å². The molecule has 2 heterocycles. The number of halogens is 2. The maximum atomic E-state index is 12.2. The number of hydrogen-bond donors (Lipinski definition) is 0. The molecular formula is C17H13Cl2N3O4. The molecule has 0 bridgehead atoms. The third-order valence-electron chi connectivity index (χ3n) is 3.57. The topological polar surface area (TPSA) is 82.8 Å². The average Bonchev–Trinajstić information content (AvgIpc) is 3.04. The monoisotopic (exact) mass is 393 g/mol. The van der Waals surface area contributed by atoms with E-state index in [9.17, 15) is 9.59 Å². The molecule has 0 saturated heterocycles. The van der Waals surface area contributed by atoms with Crippen molar-refractivity contribution in [2.75, 3.05) is 13.7 Å². The molecule has 0 radical (unpaired) electrons. The number of aromatic nitrogens is 3. The SMILES string of the molecule is CCOC(=O)c1cnn2c(C(=O)OC)cc(-c3ccc(Cl)cc3Cl)nc12. The van der Waals surface area contributed by atoms with Crippen LogP contribution in [-0.4, -0.2) is 40.3 Å². The lowest BCUT2D eigenvalue weighted by Crippen LogP contribution is -2.12. The second-order valence-corrected chi connectivity index (χ2v) is 6.00. The number of ether oxygens (including phenoxy) is 2. The molecule has 0 aliphatic heterocycles. The Balaban J connectivity index is 2.28. The largest absolute Gasteiger partial charge is 0.464 e. The molecule has 7 nitrogen and oxygen atoms in total. The minimum absolute atomic E-state index is 0.0917. The van der Waals surface area contributed by atoms with E-state index in [1.807, 2.05) is 0 Å². The standard InChI is InChI=1S/C17H13Cl2N3O4/c1-3-26-16(23)11-8-20-22-14(17(24)25-2)7-13(21-15(11)22)10-5-4-9(18)6-12(10)19/h4-8H,3H2,1-2H3. The van der Waals surface area contributed by atoms with Gasteiger partial charge in [-0.3, -0.25) is 0 Å². The minimum atomic E-state index is -0.637. The zero-order valence-electron chi connectivity index (χ0n) is 13.8. The molecular weight excluding hydrogens is 381 g/mol. The Bertz CT molecular complexity index is 1020. The first-order valence-corrected chi connectivity index (χ1v) is 8.31. The molecule has 0 fully saturated rings. The molecule has 0 aliphatic carbocycles. The van der Waals surface area contributed by atoms with E-state index in [0.717, 1.165) is 0 Å². The predicted molar refractivity (Wildman–Crippen MR) is 95.7 cm³/mol. The van der Waals surface area contributed by atoms with Gasteiger partial charge in [-0.2, -0.15) is 5.10 Å². The van der Waals surface area contributed by atoms with E-state index in [0.29, 0.717) is 21.3 Å². The zero-order chi connectivity index (χ0) is 18.8. The van der Waals surface area contributed by atoms with Crippen LogP contribution in [0.15, 0.2) is 30.5 Å². The highest BCUT2D eigenvalue weighted by atomic mass is 35.5. The van der Waals surface area contributed by atoms with Crippen LogP contribution in [0.25, 0.3) is 16.9 Å². The maximum absolute atomic E-state index is 12.2. The molecule has 134 valence electrons. The van der Waals surface area contributed by atoms with Gasteiger partial charge in [-0.25, -0.2) is 19.1 Å². The van der Waals surface area contributed by atoms with Crippen LogP contribution in [0.4, 0.5) is 0 Å². The van der Waals surface area contributed by atoms with Crippen molar-refractivity contribution >= 4 is 40.8 Å². The van der Waals surface area contributed by atoms with Crippen molar-refractivity contribution in [3.8, 4) is 11.3 Å². The van der Waals surface area contributed by atoms with E-state index in [4.69, 9.17) is 32.7 Å². The number of hydrogen-bond acceptors (Lipinski definition) is 6. The molecule has 0 amide bonds. The van der Waals surface area contributed by atoms with Crippen LogP contribution in [0.5, 0.6) is 0 Å². The number of carbonyl (C=O) groups is 2. The van der Waals surface area contributed by atoms with E-state index >= 15 is 0 Å². The third-order valence-corrected chi connectivity index (χ3v) is 4.12. The van der Waals surface area contributed by atoms with Crippen LogP contribution in [0, 0.1) is 0 Å². The maximum Gasteiger partial charge on any atom is 0.356 e. The van der Waals surface area contributed by atoms with Gasteiger partial charge in [0.15, 0.2) is 11.3 Å². The van der Waals surface area contributed by atoms with Crippen molar-refractivity contribution in [3.05, 3.63) is 51.8 Å². The van der Waals surface area contributed by atoms with Gasteiger partial charge in [0.25, 0.3) is 0 Å². The summed E-state index contributed by atoms with van der Waals surface area (Å²) in [7, 11) is 1.25. The fourth-order valence-electron chi connectivity index (χ4n) is 2.40. The van der Waals surface area contributed by atoms with Gasteiger partial charge in [0, 0.05) is 10.6 Å². The van der Waals surface area contributed by atoms with Crippen LogP contribution in [0.3, 0.4) is 0 Å². The van der Waals surface area contributed by atoms with Crippen LogP contribution < -0.4 is 0 Å². The van der Waals surface area contributed by atoms with Gasteiger partial charge >= 0.3 is 11.9 Å². The molecule has 0 atom stereocenters. The highest BCUT2D eigenvalue weighted by Gasteiger charge is 2.22. The predicted octanol–water partition coefficient (Wildman–Crippen LogP) is 3.67. The average molecular weight is 394 g/mol. The Hall–Kier alpha value is -2.64. The van der Waals surface area contributed by atoms with Crippen LogP contribution >= 0.6 is 23.2 Å². The fourth-order valence-corrected chi connectivity index (χ4v) is 2.91. The van der Waals surface area contributed by atoms with Crippen molar-refractivity contribution < 1.29 is 19.1 Å². The number of esters is 2. The zero-order valence-corrected chi connectivity index (χ0v) is 15.3. The van der Waals surface area contributed by atoms with E-state index in [1.54, 1.807) is 25.1 Å². The molecule has 0 saturated carbocycles. The van der Waals surface area contributed by atoms with Gasteiger partial charge in [-0.15, -0.1) is 0 Å². The van der Waals surface area contributed by atoms with Gasteiger partial charge < -0.3 is 9.47 Å². The summed E-state index contributed by atoms with van der Waals surface area (Å²) in [5.74, 6) is -1.23. The summed E-state index contributed by atoms with van der Waals surface area (Å²) in [6.07, 6.45) is 1.29. The Labute approximate surface area is 158 Å². The van der Waals surface area contributed by atoms with Crippen LogP contribution in [-0.2, 0) is 9.47 Å². The summed E-state index contributed by atoms with van der Waals surface area (Å²) in [6.45, 7) is 1.89. The summed E-state index contributed by atoms with van der Waals surface area (Å²) in [4.78, 5) is 28.8. The van der Waals surface area contributed by atoms with Gasteiger partial charge in [-0.1, -0.05) is 23.2 Å². The van der Waals surface area contributed by atoms with Crippen molar-refractivity contribution in [3.63, 3.8) is 0 Å². The molecule has 2 aromatic heterocycles. The Morgan fingerprint density at radius 1 is 1.19 bits per heavy atom. The molecule has 0 N–H and O–H groups in total. The summed E-state index contributed by atoms with van der Waals surface area (Å²) in [6, 6.07) is 6.36. The molecule has 1 aromatic carbocycles. The highest BCUT2D eigenvalue weighted by molar-refractivity contribution is 6.36. The summed E-state index contributed by atoms with van der Waals surface area (Å²) >= 11 is 12.2. The Morgan fingerprint density at radius 2 is 1.96 bits per heavy atom. The minimum Gasteiger partial charge on any atom is -0.464 e. The molecule has 0 aliphatic rings. The van der Waals surface area contributed by atoms with Crippen molar-refractivity contribution in [1.29, 1.82) is 0 Å². The van der Waals surface area contributed by atoms with E-state index in [1.165, 1.54) is 23.9 Å². The molecule has 3 aromatic rings. The summed E-state index contributed by atoms with van der Waals surface area (Å²) in [5.41, 5.74) is 1.29. The summed E-state index contributed by atoms with van der Waals surface area (Å²) < 4.78 is 11.0. The van der Waals surface area contributed by atoms with E-state index in [2.05, 4.69) is 10.1 Å². The van der Waals surface area contributed by atoms with Crippen molar-refractivity contribution in [2.24, 2.45) is 0 Å². The number of carbonyl (C=O) groups excluding carboxylic acids is 2. The second-order valence-electron chi connectivity index (χ2n) is 5.16. The van der Waals surface area contributed by atoms with Crippen LogP contribution in [0.2, 0.25) is 10.0 Å². The molecule has 3 rings (SSSR count). The normalized spacial score (nSPS) is 10.8. The first-order valence-electron chi connectivity index (χ1n) is 7.56. The first-order chi connectivity index (χ1) is 12.5. The summed E-state index contributed by atoms with van der Waals surface area (Å²) in [5, 5.41) is 4.87. The quantitative estimate of drug-likeness (QED) is 0.628. The number of nitrogens with zero attached hydrogens (tertiary/aromatic N) is 3. The van der Waals surface area contributed by atoms with Crippen molar-refractivity contribution in [2.45, 2.75) is 6.92 Å². The van der Waals surface area contributed by atoms with Crippen molar-refractivity contribution in [1.82, 2.24) is 14.6 Å². The number of rotatable bonds is 4. The van der Waals surface area contributed by atoms with Gasteiger partial charge in [0.1, 0.15) is 5.56 Å². The van der Waals surface area contributed by atoms with Gasteiger partial charge in [0.2, 0.25) is 0 Å². The molecule has 26 heavy (non-hydrogen) atoms. The number of benzene rings is 1. The molecule has 0 spiro atoms. The second kappa shape index (κ2) is 7.31. The number of fused-ring (bicyclic) bond motifs is 1. The van der Waals surface area contributed by atoms with Gasteiger partial charge in [0.05, 0.1) is 30.6 Å². The lowest BCUT2D eigenvalue weighted by atomic mass is 10.1. The Morgan fingerprint density at radius 3 is 2.62 bits per heavy atom. The van der Waals surface area contributed by atoms with E-state index in [-0.39, 0.29) is 23.5 Å². The third kappa shape index (κ3) is 3.23. The molecule has 9 heteroatoms. The van der Waals surface area contributed by atoms with Crippen LogP contribution in [0.1, 0.15) is 27.8 Å². The first kappa shape index (κ1) is 18.2. The molecule has 0 unspecified atom stereocenters. The smallest absolute Gasteiger partial charge is 0.356 e. The highest BCUT2D eigenvalue weighted by Crippen LogP contribution is 2.30. The fraction of sp³-hybridized carbons (Fsp3) is 0.176.